The standard InChI is InChI=1S/C15H22N2/c1-9(2)16-8-14-12(5)17-15-11(4)6-10(3)7-13(14)15/h6-7,9,16-17H,8H2,1-5H3. The van der Waals surface area contributed by atoms with Crippen molar-refractivity contribution in [2.24, 2.45) is 0 Å². The van der Waals surface area contributed by atoms with Gasteiger partial charge in [0, 0.05) is 29.2 Å². The highest BCUT2D eigenvalue weighted by Crippen LogP contribution is 2.26. The minimum Gasteiger partial charge on any atom is -0.358 e. The minimum absolute atomic E-state index is 0.519. The molecule has 2 aromatic rings. The first-order valence-electron chi connectivity index (χ1n) is 6.31. The van der Waals surface area contributed by atoms with E-state index in [2.05, 4.69) is 57.1 Å². The number of hydrogen-bond acceptors (Lipinski definition) is 1. The molecular weight excluding hydrogens is 208 g/mol. The fourth-order valence-electron chi connectivity index (χ4n) is 2.37. The number of aryl methyl sites for hydroxylation is 3. The van der Waals surface area contributed by atoms with E-state index in [4.69, 9.17) is 0 Å². The molecule has 0 spiro atoms. The van der Waals surface area contributed by atoms with Crippen molar-refractivity contribution in [3.05, 3.63) is 34.5 Å². The van der Waals surface area contributed by atoms with Gasteiger partial charge in [0.15, 0.2) is 0 Å². The maximum Gasteiger partial charge on any atom is 0.0489 e. The van der Waals surface area contributed by atoms with Crippen molar-refractivity contribution in [3.8, 4) is 0 Å². The predicted octanol–water partition coefficient (Wildman–Crippen LogP) is 3.59. The fourth-order valence-corrected chi connectivity index (χ4v) is 2.37. The lowest BCUT2D eigenvalue weighted by Crippen LogP contribution is -2.22. The molecule has 1 heterocycles. The molecule has 0 bridgehead atoms. The smallest absolute Gasteiger partial charge is 0.0489 e. The van der Waals surface area contributed by atoms with E-state index in [-0.39, 0.29) is 0 Å². The van der Waals surface area contributed by atoms with Crippen LogP contribution in [0.15, 0.2) is 12.1 Å². The zero-order valence-corrected chi connectivity index (χ0v) is 11.4. The summed E-state index contributed by atoms with van der Waals surface area (Å²) in [4.78, 5) is 3.51. The second-order valence-corrected chi connectivity index (χ2v) is 5.27. The van der Waals surface area contributed by atoms with Crippen molar-refractivity contribution < 1.29 is 0 Å². The van der Waals surface area contributed by atoms with E-state index < -0.39 is 0 Å². The lowest BCUT2D eigenvalue weighted by atomic mass is 10.0. The van der Waals surface area contributed by atoms with Gasteiger partial charge < -0.3 is 10.3 Å². The molecule has 0 fully saturated rings. The third kappa shape index (κ3) is 2.37. The third-order valence-electron chi connectivity index (χ3n) is 3.26. The molecule has 2 rings (SSSR count). The van der Waals surface area contributed by atoms with E-state index in [1.807, 2.05) is 0 Å². The molecule has 2 heteroatoms. The average Bonchev–Trinajstić information content (AvgIpc) is 2.52. The van der Waals surface area contributed by atoms with Crippen molar-refractivity contribution in [3.63, 3.8) is 0 Å². The van der Waals surface area contributed by atoms with Crippen LogP contribution in [0.25, 0.3) is 10.9 Å². The molecule has 0 saturated heterocycles. The van der Waals surface area contributed by atoms with Crippen LogP contribution in [0.1, 0.15) is 36.2 Å². The van der Waals surface area contributed by atoms with Gasteiger partial charge in [0.1, 0.15) is 0 Å². The fraction of sp³-hybridized carbons (Fsp3) is 0.467. The molecule has 0 saturated carbocycles. The lowest BCUT2D eigenvalue weighted by Gasteiger charge is -2.08. The first-order valence-corrected chi connectivity index (χ1v) is 6.31. The van der Waals surface area contributed by atoms with Gasteiger partial charge in [0.25, 0.3) is 0 Å². The quantitative estimate of drug-likeness (QED) is 0.828. The van der Waals surface area contributed by atoms with E-state index in [1.54, 1.807) is 0 Å². The highest BCUT2D eigenvalue weighted by Gasteiger charge is 2.10. The number of rotatable bonds is 3. The zero-order chi connectivity index (χ0) is 12.6. The normalized spacial score (nSPS) is 11.6. The summed E-state index contributed by atoms with van der Waals surface area (Å²) in [6.07, 6.45) is 0. The van der Waals surface area contributed by atoms with Crippen LogP contribution in [0.5, 0.6) is 0 Å². The van der Waals surface area contributed by atoms with E-state index >= 15 is 0 Å². The lowest BCUT2D eigenvalue weighted by molar-refractivity contribution is 0.589. The van der Waals surface area contributed by atoms with Gasteiger partial charge in [-0.2, -0.15) is 0 Å². The summed E-state index contributed by atoms with van der Waals surface area (Å²) < 4.78 is 0. The monoisotopic (exact) mass is 230 g/mol. The molecule has 0 aliphatic rings. The van der Waals surface area contributed by atoms with Gasteiger partial charge in [-0.15, -0.1) is 0 Å². The van der Waals surface area contributed by atoms with Gasteiger partial charge in [-0.3, -0.25) is 0 Å². The Kier molecular flexibility index (Phi) is 3.25. The molecule has 1 aromatic carbocycles. The Bertz CT molecular complexity index is 535. The molecule has 0 aliphatic heterocycles. The number of nitrogens with one attached hydrogen (secondary N) is 2. The highest BCUT2D eigenvalue weighted by atomic mass is 14.9. The van der Waals surface area contributed by atoms with Crippen molar-refractivity contribution in [2.45, 2.75) is 47.2 Å². The van der Waals surface area contributed by atoms with Crippen molar-refractivity contribution in [1.29, 1.82) is 0 Å². The first-order chi connectivity index (χ1) is 7.99. The van der Waals surface area contributed by atoms with Crippen LogP contribution in [-0.4, -0.2) is 11.0 Å². The Morgan fingerprint density at radius 2 is 1.88 bits per heavy atom. The molecule has 0 radical (unpaired) electrons. The van der Waals surface area contributed by atoms with Crippen LogP contribution in [0.3, 0.4) is 0 Å². The Hall–Kier alpha value is -1.28. The molecule has 2 nitrogen and oxygen atoms in total. The number of aromatic nitrogens is 1. The van der Waals surface area contributed by atoms with Crippen molar-refractivity contribution in [1.82, 2.24) is 10.3 Å². The summed E-state index contributed by atoms with van der Waals surface area (Å²) in [7, 11) is 0. The van der Waals surface area contributed by atoms with Crippen LogP contribution in [0, 0.1) is 20.8 Å². The highest BCUT2D eigenvalue weighted by molar-refractivity contribution is 5.87. The summed E-state index contributed by atoms with van der Waals surface area (Å²) in [5, 5.41) is 4.87. The molecule has 1 aromatic heterocycles. The van der Waals surface area contributed by atoms with Gasteiger partial charge >= 0.3 is 0 Å². The molecule has 2 N–H and O–H groups in total. The number of fused-ring (bicyclic) bond motifs is 1. The van der Waals surface area contributed by atoms with Crippen molar-refractivity contribution in [2.75, 3.05) is 0 Å². The van der Waals surface area contributed by atoms with Gasteiger partial charge in [-0.25, -0.2) is 0 Å². The summed E-state index contributed by atoms with van der Waals surface area (Å²) in [5.41, 5.74) is 6.63. The molecular formula is C15H22N2. The zero-order valence-electron chi connectivity index (χ0n) is 11.4. The SMILES string of the molecule is Cc1cc(C)c2[nH]c(C)c(CNC(C)C)c2c1. The minimum atomic E-state index is 0.519. The van der Waals surface area contributed by atoms with Crippen molar-refractivity contribution >= 4 is 10.9 Å². The van der Waals surface area contributed by atoms with Gasteiger partial charge in [-0.1, -0.05) is 25.5 Å². The maximum atomic E-state index is 3.51. The molecule has 92 valence electrons. The Labute approximate surface area is 103 Å². The van der Waals surface area contributed by atoms with E-state index in [0.29, 0.717) is 6.04 Å². The summed E-state index contributed by atoms with van der Waals surface area (Å²) in [6, 6.07) is 5.03. The Balaban J connectivity index is 2.50. The Morgan fingerprint density at radius 3 is 2.53 bits per heavy atom. The largest absolute Gasteiger partial charge is 0.358 e. The number of hydrogen-bond donors (Lipinski definition) is 2. The van der Waals surface area contributed by atoms with Crippen LogP contribution < -0.4 is 5.32 Å². The Morgan fingerprint density at radius 1 is 1.18 bits per heavy atom. The summed E-state index contributed by atoms with van der Waals surface area (Å²) >= 11 is 0. The molecule has 0 aliphatic carbocycles. The number of aromatic amines is 1. The van der Waals surface area contributed by atoms with Crippen LogP contribution in [-0.2, 0) is 6.54 Å². The summed E-state index contributed by atoms with van der Waals surface area (Å²) in [6.45, 7) is 11.8. The van der Waals surface area contributed by atoms with Crippen LogP contribution in [0.2, 0.25) is 0 Å². The molecule has 0 unspecified atom stereocenters. The summed E-state index contributed by atoms with van der Waals surface area (Å²) in [5.74, 6) is 0. The molecule has 17 heavy (non-hydrogen) atoms. The molecule has 0 atom stereocenters. The second kappa shape index (κ2) is 4.53. The topological polar surface area (TPSA) is 27.8 Å². The van der Waals surface area contributed by atoms with E-state index in [0.717, 1.165) is 6.54 Å². The predicted molar refractivity (Wildman–Crippen MR) is 74.5 cm³/mol. The number of H-pyrrole nitrogens is 1. The van der Waals surface area contributed by atoms with Crippen LogP contribution >= 0.6 is 0 Å². The van der Waals surface area contributed by atoms with Gasteiger partial charge in [-0.05, 0) is 38.0 Å². The number of benzene rings is 1. The first kappa shape index (κ1) is 12.2. The maximum absolute atomic E-state index is 3.51. The van der Waals surface area contributed by atoms with E-state index in [9.17, 15) is 0 Å². The van der Waals surface area contributed by atoms with E-state index in [1.165, 1.54) is 33.3 Å². The van der Waals surface area contributed by atoms with Crippen LogP contribution in [0.4, 0.5) is 0 Å². The average molecular weight is 230 g/mol. The third-order valence-corrected chi connectivity index (χ3v) is 3.26. The van der Waals surface area contributed by atoms with Gasteiger partial charge in [0.2, 0.25) is 0 Å². The van der Waals surface area contributed by atoms with Gasteiger partial charge in [0.05, 0.1) is 0 Å². The second-order valence-electron chi connectivity index (χ2n) is 5.27. The molecule has 0 amide bonds.